The molecule has 0 unspecified atom stereocenters. The Balaban J connectivity index is 3.72. The third-order valence-corrected chi connectivity index (χ3v) is 1.22. The molecule has 0 radical (unpaired) electrons. The summed E-state index contributed by atoms with van der Waals surface area (Å²) in [5.41, 5.74) is 0. The molecule has 0 spiro atoms. The normalized spacial score (nSPS) is 19.1. The van der Waals surface area contributed by atoms with Gasteiger partial charge in [0, 0.05) is 6.42 Å². The Morgan fingerprint density at radius 3 is 2.20 bits per heavy atom. The highest BCUT2D eigenvalue weighted by atomic mass is 16.4. The van der Waals surface area contributed by atoms with Gasteiger partial charge in [0.1, 0.15) is 6.10 Å². The number of aliphatic hydroxyl groups is 3. The second kappa shape index (κ2) is 4.29. The van der Waals surface area contributed by atoms with Gasteiger partial charge in [-0.25, -0.2) is 0 Å². The van der Waals surface area contributed by atoms with Crippen molar-refractivity contribution in [3.8, 4) is 12.3 Å². The largest absolute Gasteiger partial charge is 0.391 e. The van der Waals surface area contributed by atoms with E-state index in [1.54, 1.807) is 0 Å². The third kappa shape index (κ3) is 2.83. The van der Waals surface area contributed by atoms with Crippen LogP contribution in [0.15, 0.2) is 0 Å². The summed E-state index contributed by atoms with van der Waals surface area (Å²) >= 11 is 0. The maximum absolute atomic E-state index is 8.94. The summed E-state index contributed by atoms with van der Waals surface area (Å²) in [6.07, 6.45) is 1.82. The highest BCUT2D eigenvalue weighted by Crippen LogP contribution is 2.01. The van der Waals surface area contributed by atoms with Gasteiger partial charge in [0.15, 0.2) is 0 Å². The maximum atomic E-state index is 8.94. The van der Waals surface area contributed by atoms with E-state index >= 15 is 0 Å². The van der Waals surface area contributed by atoms with Crippen molar-refractivity contribution in [1.29, 1.82) is 0 Å². The Bertz CT molecular complexity index is 125. The van der Waals surface area contributed by atoms with E-state index in [0.717, 1.165) is 0 Å². The summed E-state index contributed by atoms with van der Waals surface area (Å²) in [7, 11) is 0. The van der Waals surface area contributed by atoms with Gasteiger partial charge in [0.25, 0.3) is 0 Å². The van der Waals surface area contributed by atoms with E-state index in [2.05, 4.69) is 5.92 Å². The van der Waals surface area contributed by atoms with Crippen LogP contribution in [0.2, 0.25) is 0 Å². The quantitative estimate of drug-likeness (QED) is 0.450. The first-order chi connectivity index (χ1) is 4.59. The van der Waals surface area contributed by atoms with Gasteiger partial charge in [-0.2, -0.15) is 0 Å². The van der Waals surface area contributed by atoms with Crippen molar-refractivity contribution in [3.63, 3.8) is 0 Å². The second-order valence-electron chi connectivity index (χ2n) is 2.21. The van der Waals surface area contributed by atoms with E-state index in [1.165, 1.54) is 6.92 Å². The Kier molecular flexibility index (Phi) is 4.05. The molecular formula is C7H12O3. The van der Waals surface area contributed by atoms with Gasteiger partial charge in [-0.15, -0.1) is 12.3 Å². The van der Waals surface area contributed by atoms with Crippen molar-refractivity contribution in [2.75, 3.05) is 0 Å². The Hall–Kier alpha value is -0.560. The number of aliphatic hydroxyl groups excluding tert-OH is 3. The molecule has 0 aromatic rings. The molecule has 0 bridgehead atoms. The van der Waals surface area contributed by atoms with E-state index < -0.39 is 18.3 Å². The van der Waals surface area contributed by atoms with Crippen LogP contribution in [-0.2, 0) is 0 Å². The smallest absolute Gasteiger partial charge is 0.106 e. The number of hydrogen-bond acceptors (Lipinski definition) is 3. The molecule has 3 heteroatoms. The molecule has 0 amide bonds. The lowest BCUT2D eigenvalue weighted by Gasteiger charge is -2.17. The van der Waals surface area contributed by atoms with E-state index in [4.69, 9.17) is 21.7 Å². The fourth-order valence-corrected chi connectivity index (χ4v) is 0.563. The molecule has 0 fully saturated rings. The fraction of sp³-hybridized carbons (Fsp3) is 0.714. The van der Waals surface area contributed by atoms with Crippen LogP contribution in [0.4, 0.5) is 0 Å². The van der Waals surface area contributed by atoms with Gasteiger partial charge in [-0.3, -0.25) is 0 Å². The molecule has 0 aliphatic carbocycles. The van der Waals surface area contributed by atoms with Crippen LogP contribution < -0.4 is 0 Å². The van der Waals surface area contributed by atoms with Crippen molar-refractivity contribution < 1.29 is 15.3 Å². The minimum Gasteiger partial charge on any atom is -0.391 e. The lowest BCUT2D eigenvalue weighted by atomic mass is 10.1. The number of rotatable bonds is 3. The molecule has 0 aliphatic rings. The summed E-state index contributed by atoms with van der Waals surface area (Å²) in [6, 6.07) is 0. The SMILES string of the molecule is C#CC[C@@H](O)[C@H](O)[C@@H](C)O. The average Bonchev–Trinajstić information content (AvgIpc) is 1.87. The minimum absolute atomic E-state index is 0.0616. The van der Waals surface area contributed by atoms with E-state index in [0.29, 0.717) is 0 Å². The summed E-state index contributed by atoms with van der Waals surface area (Å²) in [5, 5.41) is 26.6. The number of hydrogen-bond donors (Lipinski definition) is 3. The zero-order chi connectivity index (χ0) is 8.15. The van der Waals surface area contributed by atoms with Crippen molar-refractivity contribution in [2.24, 2.45) is 0 Å². The molecule has 3 N–H and O–H groups in total. The predicted molar refractivity (Wildman–Crippen MR) is 37.1 cm³/mol. The molecule has 3 atom stereocenters. The van der Waals surface area contributed by atoms with Crippen LogP contribution in [0, 0.1) is 12.3 Å². The van der Waals surface area contributed by atoms with Gasteiger partial charge in [-0.05, 0) is 6.92 Å². The predicted octanol–water partition coefficient (Wildman–Crippen LogP) is -0.888. The molecule has 58 valence electrons. The summed E-state index contributed by atoms with van der Waals surface area (Å²) in [5.74, 6) is 2.18. The zero-order valence-corrected chi connectivity index (χ0v) is 5.86. The summed E-state index contributed by atoms with van der Waals surface area (Å²) in [4.78, 5) is 0. The van der Waals surface area contributed by atoms with Crippen LogP contribution in [0.25, 0.3) is 0 Å². The molecule has 0 saturated heterocycles. The molecule has 0 aromatic carbocycles. The third-order valence-electron chi connectivity index (χ3n) is 1.22. The number of terminal acetylenes is 1. The highest BCUT2D eigenvalue weighted by molar-refractivity contribution is 4.90. The first kappa shape index (κ1) is 9.44. The standard InChI is InChI=1S/C7H12O3/c1-3-4-6(9)7(10)5(2)8/h1,5-10H,4H2,2H3/t5-,6-,7-/m1/s1. The molecular weight excluding hydrogens is 132 g/mol. The maximum Gasteiger partial charge on any atom is 0.106 e. The van der Waals surface area contributed by atoms with E-state index in [-0.39, 0.29) is 6.42 Å². The monoisotopic (exact) mass is 144 g/mol. The minimum atomic E-state index is -1.14. The summed E-state index contributed by atoms with van der Waals surface area (Å²) in [6.45, 7) is 1.39. The molecule has 10 heavy (non-hydrogen) atoms. The first-order valence-corrected chi connectivity index (χ1v) is 3.07. The molecule has 0 aliphatic heterocycles. The first-order valence-electron chi connectivity index (χ1n) is 3.07. The van der Waals surface area contributed by atoms with Gasteiger partial charge < -0.3 is 15.3 Å². The Morgan fingerprint density at radius 2 is 1.90 bits per heavy atom. The van der Waals surface area contributed by atoms with E-state index in [1.807, 2.05) is 0 Å². The van der Waals surface area contributed by atoms with E-state index in [9.17, 15) is 0 Å². The average molecular weight is 144 g/mol. The van der Waals surface area contributed by atoms with Crippen molar-refractivity contribution in [2.45, 2.75) is 31.7 Å². The molecule has 0 rings (SSSR count). The van der Waals surface area contributed by atoms with Crippen LogP contribution >= 0.6 is 0 Å². The highest BCUT2D eigenvalue weighted by Gasteiger charge is 2.19. The topological polar surface area (TPSA) is 60.7 Å². The van der Waals surface area contributed by atoms with Crippen molar-refractivity contribution >= 4 is 0 Å². The molecule has 0 aromatic heterocycles. The second-order valence-corrected chi connectivity index (χ2v) is 2.21. The van der Waals surface area contributed by atoms with Gasteiger partial charge >= 0.3 is 0 Å². The lowest BCUT2D eigenvalue weighted by Crippen LogP contribution is -2.35. The van der Waals surface area contributed by atoms with Crippen LogP contribution in [0.1, 0.15) is 13.3 Å². The molecule has 0 heterocycles. The van der Waals surface area contributed by atoms with Crippen LogP contribution in [0.3, 0.4) is 0 Å². The van der Waals surface area contributed by atoms with Gasteiger partial charge in [0.2, 0.25) is 0 Å². The lowest BCUT2D eigenvalue weighted by molar-refractivity contribution is -0.0491. The van der Waals surface area contributed by atoms with Gasteiger partial charge in [0.05, 0.1) is 12.2 Å². The molecule has 3 nitrogen and oxygen atoms in total. The van der Waals surface area contributed by atoms with Crippen LogP contribution in [-0.4, -0.2) is 33.6 Å². The fourth-order valence-electron chi connectivity index (χ4n) is 0.563. The Labute approximate surface area is 60.3 Å². The van der Waals surface area contributed by atoms with Crippen molar-refractivity contribution in [3.05, 3.63) is 0 Å². The van der Waals surface area contributed by atoms with Gasteiger partial charge in [-0.1, -0.05) is 0 Å². The van der Waals surface area contributed by atoms with Crippen molar-refractivity contribution in [1.82, 2.24) is 0 Å². The Morgan fingerprint density at radius 1 is 1.40 bits per heavy atom. The van der Waals surface area contributed by atoms with Crippen LogP contribution in [0.5, 0.6) is 0 Å². The zero-order valence-electron chi connectivity index (χ0n) is 5.86. The summed E-state index contributed by atoms with van der Waals surface area (Å²) < 4.78 is 0. The molecule has 0 saturated carbocycles.